The van der Waals surface area contributed by atoms with Gasteiger partial charge in [0.1, 0.15) is 5.75 Å². The zero-order valence-electron chi connectivity index (χ0n) is 16.5. The van der Waals surface area contributed by atoms with Crippen molar-refractivity contribution in [3.63, 3.8) is 0 Å². The van der Waals surface area contributed by atoms with Crippen LogP contribution in [0, 0.1) is 5.92 Å². The maximum absolute atomic E-state index is 12.5. The SMILES string of the molecule is C=CCNS(=O)(=O)c1ccc2c(c1)C1C=CCC1C(c1ccc(OCC)cc1)N2. The summed E-state index contributed by atoms with van der Waals surface area (Å²) in [6.45, 7) is 6.41. The second-order valence-corrected chi connectivity index (χ2v) is 9.13. The fraction of sp³-hybridized carbons (Fsp3) is 0.304. The molecule has 0 saturated heterocycles. The molecule has 0 amide bonds. The van der Waals surface area contributed by atoms with Gasteiger partial charge in [0.2, 0.25) is 10.0 Å². The molecule has 4 rings (SSSR count). The number of fused-ring (bicyclic) bond motifs is 3. The topological polar surface area (TPSA) is 67.4 Å². The maximum Gasteiger partial charge on any atom is 0.240 e. The third kappa shape index (κ3) is 3.82. The molecule has 29 heavy (non-hydrogen) atoms. The average Bonchev–Trinajstić information content (AvgIpc) is 3.22. The van der Waals surface area contributed by atoms with Crippen molar-refractivity contribution in [1.29, 1.82) is 0 Å². The number of anilines is 1. The van der Waals surface area contributed by atoms with Crippen LogP contribution in [0.5, 0.6) is 5.75 Å². The van der Waals surface area contributed by atoms with E-state index in [4.69, 9.17) is 4.74 Å². The van der Waals surface area contributed by atoms with E-state index in [9.17, 15) is 8.42 Å². The lowest BCUT2D eigenvalue weighted by Gasteiger charge is -2.37. The largest absolute Gasteiger partial charge is 0.494 e. The molecule has 1 heterocycles. The molecular formula is C23H26N2O3S. The van der Waals surface area contributed by atoms with Crippen LogP contribution in [0.2, 0.25) is 0 Å². The van der Waals surface area contributed by atoms with Crippen LogP contribution in [0.1, 0.15) is 36.4 Å². The van der Waals surface area contributed by atoms with Gasteiger partial charge < -0.3 is 10.1 Å². The van der Waals surface area contributed by atoms with Gasteiger partial charge in [-0.15, -0.1) is 6.58 Å². The molecule has 3 unspecified atom stereocenters. The Labute approximate surface area is 172 Å². The Morgan fingerprint density at radius 3 is 2.76 bits per heavy atom. The van der Waals surface area contributed by atoms with Crippen molar-refractivity contribution >= 4 is 15.7 Å². The van der Waals surface area contributed by atoms with Crippen molar-refractivity contribution in [3.05, 3.63) is 78.4 Å². The van der Waals surface area contributed by atoms with E-state index < -0.39 is 10.0 Å². The molecule has 152 valence electrons. The van der Waals surface area contributed by atoms with E-state index in [-0.39, 0.29) is 18.5 Å². The molecule has 0 aromatic heterocycles. The summed E-state index contributed by atoms with van der Waals surface area (Å²) in [6.07, 6.45) is 6.90. The standard InChI is InChI=1S/C23H26N2O3S/c1-3-14-24-29(26,27)18-12-13-22-21(15-18)19-6-5-7-20(19)23(25-22)16-8-10-17(11-9-16)28-4-2/h3,5-6,8-13,15,19-20,23-25H,1,4,7,14H2,2H3. The molecule has 2 N–H and O–H groups in total. The van der Waals surface area contributed by atoms with Crippen LogP contribution in [-0.2, 0) is 10.0 Å². The lowest BCUT2D eigenvalue weighted by molar-refractivity contribution is 0.340. The molecule has 6 heteroatoms. The van der Waals surface area contributed by atoms with Gasteiger partial charge in [-0.3, -0.25) is 0 Å². The number of rotatable bonds is 7. The van der Waals surface area contributed by atoms with Crippen LogP contribution in [-0.4, -0.2) is 21.6 Å². The molecule has 0 fully saturated rings. The number of hydrogen-bond donors (Lipinski definition) is 2. The molecule has 0 radical (unpaired) electrons. The summed E-state index contributed by atoms with van der Waals surface area (Å²) in [6, 6.07) is 13.7. The summed E-state index contributed by atoms with van der Waals surface area (Å²) < 4.78 is 33.2. The van der Waals surface area contributed by atoms with Gasteiger partial charge in [0.05, 0.1) is 17.5 Å². The fourth-order valence-corrected chi connectivity index (χ4v) is 5.29. The van der Waals surface area contributed by atoms with Gasteiger partial charge in [-0.2, -0.15) is 0 Å². The quantitative estimate of drug-likeness (QED) is 0.665. The van der Waals surface area contributed by atoms with E-state index in [0.29, 0.717) is 17.4 Å². The van der Waals surface area contributed by atoms with E-state index in [1.54, 1.807) is 12.1 Å². The molecule has 0 spiro atoms. The summed E-state index contributed by atoms with van der Waals surface area (Å²) in [7, 11) is -3.55. The third-order valence-corrected chi connectivity index (χ3v) is 7.03. The molecule has 1 aliphatic carbocycles. The molecular weight excluding hydrogens is 384 g/mol. The number of allylic oxidation sites excluding steroid dienone is 2. The van der Waals surface area contributed by atoms with Crippen molar-refractivity contribution in [2.45, 2.75) is 30.2 Å². The molecule has 5 nitrogen and oxygen atoms in total. The smallest absolute Gasteiger partial charge is 0.240 e. The molecule has 2 aromatic carbocycles. The fourth-order valence-electron chi connectivity index (χ4n) is 4.26. The molecule has 1 aliphatic heterocycles. The first-order chi connectivity index (χ1) is 14.0. The summed E-state index contributed by atoms with van der Waals surface area (Å²) in [5.41, 5.74) is 3.23. The predicted octanol–water partition coefficient (Wildman–Crippen LogP) is 4.38. The van der Waals surface area contributed by atoms with Crippen molar-refractivity contribution in [2.24, 2.45) is 5.92 Å². The lowest BCUT2D eigenvalue weighted by atomic mass is 9.77. The molecule has 2 aliphatic rings. The van der Waals surface area contributed by atoms with Crippen LogP contribution >= 0.6 is 0 Å². The van der Waals surface area contributed by atoms with E-state index in [1.165, 1.54) is 11.6 Å². The number of ether oxygens (including phenoxy) is 1. The number of benzene rings is 2. The molecule has 3 atom stereocenters. The van der Waals surface area contributed by atoms with Crippen LogP contribution in [0.4, 0.5) is 5.69 Å². The van der Waals surface area contributed by atoms with Gasteiger partial charge in [0.25, 0.3) is 0 Å². The van der Waals surface area contributed by atoms with Gasteiger partial charge in [-0.25, -0.2) is 13.1 Å². The highest BCUT2D eigenvalue weighted by molar-refractivity contribution is 7.89. The zero-order valence-corrected chi connectivity index (χ0v) is 17.3. The van der Waals surface area contributed by atoms with Crippen molar-refractivity contribution in [1.82, 2.24) is 4.72 Å². The lowest BCUT2D eigenvalue weighted by Crippen LogP contribution is -2.30. The van der Waals surface area contributed by atoms with Crippen molar-refractivity contribution in [2.75, 3.05) is 18.5 Å². The Hall–Kier alpha value is -2.57. The first-order valence-electron chi connectivity index (χ1n) is 9.94. The van der Waals surface area contributed by atoms with Gasteiger partial charge in [0, 0.05) is 18.2 Å². The Kier molecular flexibility index (Phi) is 5.48. The van der Waals surface area contributed by atoms with E-state index in [1.807, 2.05) is 25.1 Å². The van der Waals surface area contributed by atoms with Crippen LogP contribution in [0.25, 0.3) is 0 Å². The second-order valence-electron chi connectivity index (χ2n) is 7.37. The highest BCUT2D eigenvalue weighted by Gasteiger charge is 2.38. The minimum Gasteiger partial charge on any atom is -0.494 e. The van der Waals surface area contributed by atoms with Crippen LogP contribution in [0.3, 0.4) is 0 Å². The van der Waals surface area contributed by atoms with E-state index in [0.717, 1.165) is 23.4 Å². The number of nitrogens with one attached hydrogen (secondary N) is 2. The number of sulfonamides is 1. The first-order valence-corrected chi connectivity index (χ1v) is 11.4. The van der Waals surface area contributed by atoms with Crippen molar-refractivity contribution in [3.8, 4) is 5.75 Å². The summed E-state index contributed by atoms with van der Waals surface area (Å²) in [5.74, 6) is 1.41. The van der Waals surface area contributed by atoms with E-state index >= 15 is 0 Å². The highest BCUT2D eigenvalue weighted by atomic mass is 32.2. The highest BCUT2D eigenvalue weighted by Crippen LogP contribution is 2.50. The third-order valence-electron chi connectivity index (χ3n) is 5.61. The summed E-state index contributed by atoms with van der Waals surface area (Å²) in [5, 5.41) is 3.65. The van der Waals surface area contributed by atoms with Crippen molar-refractivity contribution < 1.29 is 13.2 Å². The minimum absolute atomic E-state index is 0.166. The monoisotopic (exact) mass is 410 g/mol. The van der Waals surface area contributed by atoms with Gasteiger partial charge >= 0.3 is 0 Å². The summed E-state index contributed by atoms with van der Waals surface area (Å²) >= 11 is 0. The average molecular weight is 411 g/mol. The predicted molar refractivity (Wildman–Crippen MR) is 116 cm³/mol. The Morgan fingerprint density at radius 2 is 2.03 bits per heavy atom. The Balaban J connectivity index is 1.66. The van der Waals surface area contributed by atoms with Gasteiger partial charge in [-0.1, -0.05) is 30.4 Å². The van der Waals surface area contributed by atoms with Gasteiger partial charge in [0.15, 0.2) is 0 Å². The Morgan fingerprint density at radius 1 is 1.24 bits per heavy atom. The first kappa shape index (κ1) is 19.7. The second kappa shape index (κ2) is 8.05. The Bertz CT molecular complexity index is 1030. The zero-order chi connectivity index (χ0) is 20.4. The van der Waals surface area contributed by atoms with Gasteiger partial charge in [-0.05, 0) is 60.7 Å². The van der Waals surface area contributed by atoms with Crippen LogP contribution in [0.15, 0.2) is 72.2 Å². The summed E-state index contributed by atoms with van der Waals surface area (Å²) in [4.78, 5) is 0.290. The maximum atomic E-state index is 12.5. The molecule has 0 saturated carbocycles. The number of hydrogen-bond acceptors (Lipinski definition) is 4. The minimum atomic E-state index is -3.55. The molecule has 0 bridgehead atoms. The van der Waals surface area contributed by atoms with E-state index in [2.05, 4.69) is 40.9 Å². The normalized spacial score (nSPS) is 22.4. The molecule has 2 aromatic rings. The van der Waals surface area contributed by atoms with Crippen LogP contribution < -0.4 is 14.8 Å².